The van der Waals surface area contributed by atoms with Crippen molar-refractivity contribution in [2.24, 2.45) is 0 Å². The molecule has 0 aliphatic carbocycles. The Morgan fingerprint density at radius 1 is 0.537 bits per heavy atom. The van der Waals surface area contributed by atoms with Gasteiger partial charge in [-0.25, -0.2) is 0 Å². The maximum absolute atomic E-state index is 4.30. The molecule has 3 nitrogen and oxygen atoms in total. The Hall–Kier alpha value is -4.50. The Balaban J connectivity index is 0.000000169. The third-order valence-corrected chi connectivity index (χ3v) is 5.94. The van der Waals surface area contributed by atoms with Crippen molar-refractivity contribution >= 4 is 5.57 Å². The molecule has 0 fully saturated rings. The van der Waals surface area contributed by atoms with E-state index in [4.69, 9.17) is 0 Å². The maximum Gasteiger partial charge on any atom is 3.00 e. The van der Waals surface area contributed by atoms with E-state index in [1.807, 2.05) is 116 Å². The fourth-order valence-electron chi connectivity index (χ4n) is 3.67. The van der Waals surface area contributed by atoms with Crippen molar-refractivity contribution < 1.29 is 20.1 Å². The largest absolute Gasteiger partial charge is 3.00 e. The zero-order valence-corrected chi connectivity index (χ0v) is 25.4. The van der Waals surface area contributed by atoms with Gasteiger partial charge in [0.05, 0.1) is 0 Å². The normalized spacial score (nSPS) is 10.1. The molecule has 6 rings (SSSR count). The van der Waals surface area contributed by atoms with E-state index in [1.54, 1.807) is 18.6 Å². The van der Waals surface area contributed by atoms with Crippen LogP contribution in [0.15, 0.2) is 146 Å². The van der Waals surface area contributed by atoms with Crippen LogP contribution in [0, 0.1) is 18.2 Å². The Kier molecular flexibility index (Phi) is 13.1. The van der Waals surface area contributed by atoms with E-state index < -0.39 is 0 Å². The molecule has 0 saturated carbocycles. The average Bonchev–Trinajstić information content (AvgIpc) is 3.07. The molecule has 0 N–H and O–H groups in total. The number of aromatic nitrogens is 3. The first-order valence-electron chi connectivity index (χ1n) is 13.1. The molecule has 0 unspecified atom stereocenters. The molecule has 0 spiro atoms. The molecule has 0 radical (unpaired) electrons. The van der Waals surface area contributed by atoms with Gasteiger partial charge in [0.2, 0.25) is 0 Å². The summed E-state index contributed by atoms with van der Waals surface area (Å²) in [5.74, 6) is 0. The molecular formula is C37H30IrN3. The van der Waals surface area contributed by atoms with Gasteiger partial charge >= 0.3 is 20.1 Å². The topological polar surface area (TPSA) is 38.7 Å². The van der Waals surface area contributed by atoms with Gasteiger partial charge in [-0.15, -0.1) is 107 Å². The number of allylic oxidation sites excluding steroid dienone is 2. The first kappa shape index (κ1) is 31.0. The van der Waals surface area contributed by atoms with Crippen molar-refractivity contribution in [3.8, 4) is 33.8 Å². The summed E-state index contributed by atoms with van der Waals surface area (Å²) in [6, 6.07) is 49.0. The second-order valence-electron chi connectivity index (χ2n) is 8.66. The fraction of sp³-hybridized carbons (Fsp3) is 0.0541. The van der Waals surface area contributed by atoms with Crippen LogP contribution < -0.4 is 0 Å². The third kappa shape index (κ3) is 9.88. The summed E-state index contributed by atoms with van der Waals surface area (Å²) in [7, 11) is 0. The minimum absolute atomic E-state index is 0. The zero-order valence-electron chi connectivity index (χ0n) is 23.0. The number of hydrogen-bond donors (Lipinski definition) is 0. The molecule has 41 heavy (non-hydrogen) atoms. The molecule has 3 aromatic carbocycles. The van der Waals surface area contributed by atoms with Gasteiger partial charge in [-0.2, -0.15) is 0 Å². The van der Waals surface area contributed by atoms with Gasteiger partial charge in [0, 0.05) is 18.6 Å². The van der Waals surface area contributed by atoms with Crippen molar-refractivity contribution in [3.63, 3.8) is 0 Å². The molecule has 0 amide bonds. The Morgan fingerprint density at radius 2 is 0.976 bits per heavy atom. The summed E-state index contributed by atoms with van der Waals surface area (Å²) >= 11 is 0. The number of pyridine rings is 3. The predicted molar refractivity (Wildman–Crippen MR) is 165 cm³/mol. The second-order valence-corrected chi connectivity index (χ2v) is 8.66. The quantitative estimate of drug-likeness (QED) is 0.172. The van der Waals surface area contributed by atoms with Crippen molar-refractivity contribution in [2.75, 3.05) is 0 Å². The molecule has 0 bridgehead atoms. The van der Waals surface area contributed by atoms with Crippen LogP contribution in [0.4, 0.5) is 0 Å². The SMILES string of the molecule is CC=C(C)c1c[c-]c(-c2ccccn2)cc1.[Ir+3].[c-]1ccccc1-c1ccccn1.[c-]1ccccc1-c1ccccn1. The number of benzene rings is 3. The summed E-state index contributed by atoms with van der Waals surface area (Å²) in [5.41, 5.74) is 8.50. The molecular weight excluding hydrogens is 679 g/mol. The van der Waals surface area contributed by atoms with E-state index in [0.29, 0.717) is 0 Å². The first-order valence-corrected chi connectivity index (χ1v) is 13.1. The van der Waals surface area contributed by atoms with Crippen LogP contribution in [0.5, 0.6) is 0 Å². The number of nitrogens with zero attached hydrogens (tertiary/aromatic N) is 3. The van der Waals surface area contributed by atoms with Crippen LogP contribution in [0.2, 0.25) is 0 Å². The molecule has 202 valence electrons. The third-order valence-electron chi connectivity index (χ3n) is 5.94. The summed E-state index contributed by atoms with van der Waals surface area (Å²) in [4.78, 5) is 12.7. The van der Waals surface area contributed by atoms with E-state index >= 15 is 0 Å². The van der Waals surface area contributed by atoms with Crippen molar-refractivity contribution in [3.05, 3.63) is 170 Å². The Morgan fingerprint density at radius 3 is 1.29 bits per heavy atom. The maximum atomic E-state index is 4.30. The Bertz CT molecular complexity index is 1410. The smallest absolute Gasteiger partial charge is 0.305 e. The van der Waals surface area contributed by atoms with Gasteiger partial charge in [0.15, 0.2) is 0 Å². The number of hydrogen-bond acceptors (Lipinski definition) is 3. The van der Waals surface area contributed by atoms with Gasteiger partial charge in [-0.05, 0) is 49.1 Å². The van der Waals surface area contributed by atoms with Crippen molar-refractivity contribution in [1.82, 2.24) is 15.0 Å². The standard InChI is InChI=1S/C15H14N.2C11H8N.Ir/c1-3-12(2)13-7-9-14(10-8-13)15-6-4-5-11-16-15;2*1-2-6-10(7-3-1)11-8-4-5-9-12-11;/h3-9,11H,1-2H3;2*1-6,8-9H;/q3*-1;+3. The van der Waals surface area contributed by atoms with E-state index in [9.17, 15) is 0 Å². The van der Waals surface area contributed by atoms with Crippen LogP contribution >= 0.6 is 0 Å². The molecule has 0 aliphatic heterocycles. The summed E-state index contributed by atoms with van der Waals surface area (Å²) in [6.07, 6.45) is 7.48. The van der Waals surface area contributed by atoms with Crippen LogP contribution in [-0.2, 0) is 20.1 Å². The van der Waals surface area contributed by atoms with Crippen molar-refractivity contribution in [1.29, 1.82) is 0 Å². The predicted octanol–water partition coefficient (Wildman–Crippen LogP) is 9.07. The van der Waals surface area contributed by atoms with Gasteiger partial charge < -0.3 is 15.0 Å². The van der Waals surface area contributed by atoms with E-state index in [2.05, 4.69) is 58.3 Å². The molecule has 4 heteroatoms. The fourth-order valence-corrected chi connectivity index (χ4v) is 3.67. The summed E-state index contributed by atoms with van der Waals surface area (Å²) < 4.78 is 0. The Labute approximate surface area is 257 Å². The van der Waals surface area contributed by atoms with Crippen LogP contribution in [0.3, 0.4) is 0 Å². The van der Waals surface area contributed by atoms with Gasteiger partial charge in [0.25, 0.3) is 0 Å². The number of rotatable bonds is 4. The summed E-state index contributed by atoms with van der Waals surface area (Å²) in [5, 5.41) is 0. The van der Waals surface area contributed by atoms with Gasteiger partial charge in [0.1, 0.15) is 0 Å². The molecule has 0 aliphatic rings. The zero-order chi connectivity index (χ0) is 27.8. The molecule has 6 aromatic rings. The van der Waals surface area contributed by atoms with E-state index in [1.165, 1.54) is 11.1 Å². The van der Waals surface area contributed by atoms with Crippen molar-refractivity contribution in [2.45, 2.75) is 13.8 Å². The van der Waals surface area contributed by atoms with E-state index in [-0.39, 0.29) is 20.1 Å². The van der Waals surface area contributed by atoms with Gasteiger partial charge in [-0.3, -0.25) is 0 Å². The molecule has 3 heterocycles. The minimum Gasteiger partial charge on any atom is -0.305 e. The monoisotopic (exact) mass is 709 g/mol. The van der Waals surface area contributed by atoms with E-state index in [0.717, 1.165) is 33.8 Å². The molecule has 0 saturated heterocycles. The molecule has 0 atom stereocenters. The minimum atomic E-state index is 0. The average molecular weight is 709 g/mol. The van der Waals surface area contributed by atoms with Gasteiger partial charge in [-0.1, -0.05) is 48.0 Å². The first-order chi connectivity index (χ1) is 19.7. The second kappa shape index (κ2) is 17.2. The van der Waals surface area contributed by atoms with Crippen LogP contribution in [0.1, 0.15) is 19.4 Å². The van der Waals surface area contributed by atoms with Crippen LogP contribution in [-0.4, -0.2) is 15.0 Å². The van der Waals surface area contributed by atoms with Crippen LogP contribution in [0.25, 0.3) is 39.3 Å². The summed E-state index contributed by atoms with van der Waals surface area (Å²) in [6.45, 7) is 4.14. The molecule has 3 aromatic heterocycles.